The smallest absolute Gasteiger partial charge is 0.00108 e. The Morgan fingerprint density at radius 1 is 0.295 bits per heavy atom. The van der Waals surface area contributed by atoms with Crippen LogP contribution in [0.15, 0.2) is 169 Å². The highest BCUT2D eigenvalue weighted by Crippen LogP contribution is 2.51. The number of benzene rings is 12. The van der Waals surface area contributed by atoms with E-state index in [0.29, 0.717) is 0 Å². The molecule has 0 atom stereocenters. The van der Waals surface area contributed by atoms with Crippen LogP contribution in [0.5, 0.6) is 0 Å². The number of hydrogen-bond acceptors (Lipinski definition) is 0. The monoisotopic (exact) mass is 1000 g/mol. The van der Waals surface area contributed by atoms with Gasteiger partial charge in [-0.25, -0.2) is 0 Å². The number of rotatable bonds is 4. The third kappa shape index (κ3) is 7.55. The van der Waals surface area contributed by atoms with Crippen LogP contribution >= 0.6 is 0 Å². The molecule has 78 heavy (non-hydrogen) atoms. The van der Waals surface area contributed by atoms with Crippen molar-refractivity contribution in [2.45, 2.75) is 94.9 Å². The molecular formula is C78H68. The zero-order chi connectivity index (χ0) is 53.7. The van der Waals surface area contributed by atoms with Crippen LogP contribution in [-0.4, -0.2) is 0 Å². The molecule has 4 aliphatic carbocycles. The Labute approximate surface area is 460 Å². The number of aryl methyl sites for hydroxylation is 4. The molecule has 16 rings (SSSR count). The first-order chi connectivity index (χ1) is 38.2. The Balaban J connectivity index is 0.000000140. The maximum atomic E-state index is 2.52. The Kier molecular flexibility index (Phi) is 12.2. The van der Waals surface area contributed by atoms with Gasteiger partial charge in [0.25, 0.3) is 0 Å². The maximum absolute atomic E-state index is 2.52. The Hall–Kier alpha value is -8.32. The predicted octanol–water partition coefficient (Wildman–Crippen LogP) is 20.3. The van der Waals surface area contributed by atoms with Crippen molar-refractivity contribution in [1.82, 2.24) is 0 Å². The highest BCUT2D eigenvalue weighted by atomic mass is 14.3. The highest BCUT2D eigenvalue weighted by Gasteiger charge is 2.29. The lowest BCUT2D eigenvalue weighted by atomic mass is 9.75. The summed E-state index contributed by atoms with van der Waals surface area (Å²) in [5, 5.41) is 20.1. The van der Waals surface area contributed by atoms with Crippen LogP contribution in [0.25, 0.3) is 133 Å². The zero-order valence-corrected chi connectivity index (χ0v) is 47.1. The maximum Gasteiger partial charge on any atom is -0.00108 e. The summed E-state index contributed by atoms with van der Waals surface area (Å²) in [6.07, 6.45) is 13.8. The molecule has 0 aliphatic heterocycles. The van der Waals surface area contributed by atoms with Crippen molar-refractivity contribution in [3.63, 3.8) is 0 Å². The molecule has 12 aromatic carbocycles. The standard InChI is InChI=1S/C38H30.C36H26.2C2H6/c1-21-5-9-25(10-6-21)33-29-15-13-28-18-24(4)20-32-34(26-11-7-22(2)8-12-26)30-16-14-27-17-23(3)19-31(33)35(27)38(30)37(29)36(28)32;1-21-17-25-13-15-28-32(24-11-7-4-8-12-24)30-20-22(2)18-26-14-16-27-31(23-9-5-3-6-10-23)29(19-21)33(25)35(28)36(27)34(26)30;2*1-2/h5-13,15-19H,14,20H2,1-4H3;3-13,15-18,20H,14,19H2,1-2H3;2*1-2H3. The van der Waals surface area contributed by atoms with Crippen molar-refractivity contribution >= 4 is 88.9 Å². The van der Waals surface area contributed by atoms with E-state index in [0.717, 1.165) is 25.7 Å². The van der Waals surface area contributed by atoms with E-state index in [9.17, 15) is 0 Å². The predicted molar refractivity (Wildman–Crippen MR) is 343 cm³/mol. The quantitative estimate of drug-likeness (QED) is 0.122. The van der Waals surface area contributed by atoms with Gasteiger partial charge < -0.3 is 0 Å². The molecule has 0 radical (unpaired) electrons. The van der Waals surface area contributed by atoms with Gasteiger partial charge in [0, 0.05) is 0 Å². The summed E-state index contributed by atoms with van der Waals surface area (Å²) >= 11 is 0. The van der Waals surface area contributed by atoms with Gasteiger partial charge in [-0.2, -0.15) is 0 Å². The normalized spacial score (nSPS) is 13.4. The molecular weight excluding hydrogens is 937 g/mol. The van der Waals surface area contributed by atoms with Gasteiger partial charge in [-0.05, 0) is 220 Å². The first-order valence-electron chi connectivity index (χ1n) is 28.8. The minimum Gasteiger partial charge on any atom is -0.0716 e. The summed E-state index contributed by atoms with van der Waals surface area (Å²) in [4.78, 5) is 0. The molecule has 0 saturated heterocycles. The summed E-state index contributed by atoms with van der Waals surface area (Å²) in [6.45, 7) is 21.4. The molecule has 0 heteroatoms. The lowest BCUT2D eigenvalue weighted by Crippen LogP contribution is -2.18. The SMILES string of the molecule is CC.CC.CC1=Cc2ccc3c(-c4ccc(C)cc4)c4cc(C)cc5c4c4c(c(-c6ccc(C)cc6)c(c2c34)C1)=CC5.CC1=Cc2ccc3c(-c4ccccc4)c4cc(C)cc5c4c4c(c(-c6ccccc6)c(c2c34)C1)=CC5. The average Bonchev–Trinajstić information content (AvgIpc) is 3.64. The van der Waals surface area contributed by atoms with Crippen LogP contribution in [-0.2, 0) is 25.7 Å². The van der Waals surface area contributed by atoms with Crippen LogP contribution in [0.2, 0.25) is 0 Å². The van der Waals surface area contributed by atoms with E-state index in [1.165, 1.54) is 186 Å². The Bertz CT molecular complexity index is 4640. The number of hydrogen-bond donors (Lipinski definition) is 0. The van der Waals surface area contributed by atoms with Gasteiger partial charge in [0.05, 0.1) is 0 Å². The molecule has 0 saturated carbocycles. The summed E-state index contributed by atoms with van der Waals surface area (Å²) in [5.41, 5.74) is 27.7. The molecule has 0 N–H and O–H groups in total. The fourth-order valence-corrected chi connectivity index (χ4v) is 14.3. The molecule has 0 spiro atoms. The third-order valence-electron chi connectivity index (χ3n) is 17.1. The lowest BCUT2D eigenvalue weighted by molar-refractivity contribution is 1.16. The van der Waals surface area contributed by atoms with Crippen LogP contribution in [0.3, 0.4) is 0 Å². The first kappa shape index (κ1) is 49.3. The topological polar surface area (TPSA) is 0 Å². The first-order valence-corrected chi connectivity index (χ1v) is 28.8. The highest BCUT2D eigenvalue weighted by molar-refractivity contribution is 6.33. The molecule has 0 nitrogen and oxygen atoms in total. The van der Waals surface area contributed by atoms with E-state index in [4.69, 9.17) is 0 Å². The van der Waals surface area contributed by atoms with Crippen molar-refractivity contribution in [3.8, 4) is 44.5 Å². The van der Waals surface area contributed by atoms with Crippen molar-refractivity contribution in [3.05, 3.63) is 235 Å². The molecule has 0 heterocycles. The van der Waals surface area contributed by atoms with Crippen molar-refractivity contribution in [2.75, 3.05) is 0 Å². The molecule has 12 aromatic rings. The minimum atomic E-state index is 0.978. The summed E-state index contributed by atoms with van der Waals surface area (Å²) < 4.78 is 0. The minimum absolute atomic E-state index is 0.978. The van der Waals surface area contributed by atoms with Crippen LogP contribution in [0.4, 0.5) is 0 Å². The molecule has 0 aromatic heterocycles. The van der Waals surface area contributed by atoms with E-state index in [1.54, 1.807) is 0 Å². The lowest BCUT2D eigenvalue weighted by Gasteiger charge is -2.28. The van der Waals surface area contributed by atoms with E-state index >= 15 is 0 Å². The molecule has 0 fully saturated rings. The van der Waals surface area contributed by atoms with Gasteiger partial charge in [0.2, 0.25) is 0 Å². The van der Waals surface area contributed by atoms with E-state index in [-0.39, 0.29) is 0 Å². The summed E-state index contributed by atoms with van der Waals surface area (Å²) in [7, 11) is 0. The molecule has 0 bridgehead atoms. The Morgan fingerprint density at radius 2 is 0.667 bits per heavy atom. The fraction of sp³-hybridized carbons (Fsp3) is 0.179. The third-order valence-corrected chi connectivity index (χ3v) is 17.1. The van der Waals surface area contributed by atoms with Crippen LogP contribution < -0.4 is 10.4 Å². The summed E-state index contributed by atoms with van der Waals surface area (Å²) in [6, 6.07) is 59.6. The number of allylic oxidation sites excluding steroid dienone is 2. The van der Waals surface area contributed by atoms with Crippen LogP contribution in [0, 0.1) is 27.7 Å². The molecule has 380 valence electrons. The van der Waals surface area contributed by atoms with Gasteiger partial charge in [0.15, 0.2) is 0 Å². The van der Waals surface area contributed by atoms with Gasteiger partial charge in [-0.1, -0.05) is 243 Å². The van der Waals surface area contributed by atoms with Crippen molar-refractivity contribution in [2.24, 2.45) is 0 Å². The second-order valence-corrected chi connectivity index (χ2v) is 22.2. The van der Waals surface area contributed by atoms with Gasteiger partial charge >= 0.3 is 0 Å². The van der Waals surface area contributed by atoms with Gasteiger partial charge in [-0.15, -0.1) is 0 Å². The largest absolute Gasteiger partial charge is 0.0716 e. The molecule has 4 aliphatic rings. The fourth-order valence-electron chi connectivity index (χ4n) is 14.3. The van der Waals surface area contributed by atoms with Gasteiger partial charge in [0.1, 0.15) is 0 Å². The van der Waals surface area contributed by atoms with E-state index < -0.39 is 0 Å². The van der Waals surface area contributed by atoms with E-state index in [2.05, 4.69) is 224 Å². The summed E-state index contributed by atoms with van der Waals surface area (Å²) in [5.74, 6) is 0. The molecule has 0 amide bonds. The average molecular weight is 1010 g/mol. The molecule has 0 unspecified atom stereocenters. The second kappa shape index (κ2) is 19.3. The van der Waals surface area contributed by atoms with E-state index in [1.807, 2.05) is 27.7 Å². The van der Waals surface area contributed by atoms with Crippen molar-refractivity contribution < 1.29 is 0 Å². The zero-order valence-electron chi connectivity index (χ0n) is 47.1. The van der Waals surface area contributed by atoms with Crippen LogP contribution in [0.1, 0.15) is 97.2 Å². The second-order valence-electron chi connectivity index (χ2n) is 22.2. The Morgan fingerprint density at radius 3 is 1.08 bits per heavy atom. The van der Waals surface area contributed by atoms with Crippen molar-refractivity contribution in [1.29, 1.82) is 0 Å². The van der Waals surface area contributed by atoms with Gasteiger partial charge in [-0.3, -0.25) is 0 Å².